The number of ether oxygens (including phenoxy) is 1. The van der Waals surface area contributed by atoms with Crippen LogP contribution in [0.25, 0.3) is 0 Å². The van der Waals surface area contributed by atoms with E-state index in [-0.39, 0.29) is 18.3 Å². The molecule has 2 aliphatic carbocycles. The van der Waals surface area contributed by atoms with Gasteiger partial charge in [-0.1, -0.05) is 142 Å². The summed E-state index contributed by atoms with van der Waals surface area (Å²) in [7, 11) is -4.26. The number of hydrogen-bond donors (Lipinski definition) is 1. The summed E-state index contributed by atoms with van der Waals surface area (Å²) in [5.41, 5.74) is -1.16. The molecule has 2 aliphatic rings. The molecule has 1 N–H and O–H groups in total. The first kappa shape index (κ1) is 36.2. The van der Waals surface area contributed by atoms with Gasteiger partial charge in [0.25, 0.3) is 5.56 Å². The number of nitrogens with zero attached hydrogens (tertiary/aromatic N) is 2. The summed E-state index contributed by atoms with van der Waals surface area (Å²) in [5.74, 6) is -1.94. The van der Waals surface area contributed by atoms with Gasteiger partial charge in [0.2, 0.25) is 11.7 Å². The highest BCUT2D eigenvalue weighted by Crippen LogP contribution is 2.53. The van der Waals surface area contributed by atoms with Gasteiger partial charge in [-0.2, -0.15) is 4.98 Å². The third-order valence-corrected chi connectivity index (χ3v) is 12.9. The predicted molar refractivity (Wildman–Crippen MR) is 182 cm³/mol. The molecule has 3 unspecified atom stereocenters. The molecule has 0 radical (unpaired) electrons. The van der Waals surface area contributed by atoms with Crippen molar-refractivity contribution in [2.75, 3.05) is 0 Å². The monoisotopic (exact) mass is 656 g/mol. The van der Waals surface area contributed by atoms with Gasteiger partial charge in [-0.15, -0.1) is 0 Å². The molecule has 0 bridgehead atoms. The number of aromatic nitrogens is 2. The van der Waals surface area contributed by atoms with Crippen LogP contribution >= 0.6 is 0 Å². The van der Waals surface area contributed by atoms with E-state index in [0.29, 0.717) is 12.8 Å². The van der Waals surface area contributed by atoms with E-state index >= 15 is 0 Å². The van der Waals surface area contributed by atoms with Crippen molar-refractivity contribution >= 4 is 15.8 Å². The van der Waals surface area contributed by atoms with Crippen LogP contribution in [0.5, 0.6) is 5.88 Å². The van der Waals surface area contributed by atoms with Crippen LogP contribution in [0.3, 0.4) is 0 Å². The fourth-order valence-electron chi connectivity index (χ4n) is 8.14. The van der Waals surface area contributed by atoms with Gasteiger partial charge in [0.15, 0.2) is 14.7 Å². The zero-order chi connectivity index (χ0) is 33.5. The number of esters is 1. The predicted octanol–water partition coefficient (Wildman–Crippen LogP) is 8.56. The Hall–Kier alpha value is -2.68. The summed E-state index contributed by atoms with van der Waals surface area (Å²) in [6.07, 6.45) is 13.6. The normalized spacial score (nSPS) is 23.5. The number of hydrogen-bond acceptors (Lipinski definition) is 7. The van der Waals surface area contributed by atoms with Crippen LogP contribution in [0.2, 0.25) is 0 Å². The number of benzene rings is 1. The summed E-state index contributed by atoms with van der Waals surface area (Å²) >= 11 is 0. The van der Waals surface area contributed by atoms with Gasteiger partial charge in [0.1, 0.15) is 6.61 Å². The highest BCUT2D eigenvalue weighted by molar-refractivity contribution is 7.92. The minimum atomic E-state index is -4.26. The lowest BCUT2D eigenvalue weighted by atomic mass is 9.61. The molecular formula is C37H56N2O6S. The van der Waals surface area contributed by atoms with Crippen LogP contribution in [-0.4, -0.2) is 34.3 Å². The fourth-order valence-corrected chi connectivity index (χ4v) is 10.1. The molecule has 2 saturated carbocycles. The maximum atomic E-state index is 14.9. The van der Waals surface area contributed by atoms with Crippen molar-refractivity contribution in [3.05, 3.63) is 52.1 Å². The number of aromatic hydroxyl groups is 1. The highest BCUT2D eigenvalue weighted by atomic mass is 32.2. The molecule has 3 atom stereocenters. The molecule has 9 heteroatoms. The van der Waals surface area contributed by atoms with Crippen molar-refractivity contribution in [2.24, 2.45) is 16.7 Å². The lowest BCUT2D eigenvalue weighted by Crippen LogP contribution is -2.49. The molecular weight excluding hydrogens is 600 g/mol. The Morgan fingerprint density at radius 3 is 2.09 bits per heavy atom. The van der Waals surface area contributed by atoms with E-state index in [4.69, 9.17) is 4.74 Å². The largest absolute Gasteiger partial charge is 0.492 e. The Kier molecular flexibility index (Phi) is 12.2. The van der Waals surface area contributed by atoms with Gasteiger partial charge in [0.05, 0.1) is 5.25 Å². The second kappa shape index (κ2) is 15.5. The molecule has 8 nitrogen and oxygen atoms in total. The Labute approximate surface area is 276 Å². The van der Waals surface area contributed by atoms with Gasteiger partial charge in [-0.25, -0.2) is 13.2 Å². The molecule has 1 aromatic heterocycles. The molecule has 0 spiro atoms. The molecule has 0 amide bonds. The molecule has 1 heterocycles. The van der Waals surface area contributed by atoms with Crippen molar-refractivity contribution in [3.8, 4) is 5.88 Å². The molecule has 0 saturated heterocycles. The summed E-state index contributed by atoms with van der Waals surface area (Å²) in [5, 5.41) is 10.5. The van der Waals surface area contributed by atoms with Crippen LogP contribution in [0.1, 0.15) is 153 Å². The second-order valence-electron chi connectivity index (χ2n) is 15.2. The van der Waals surface area contributed by atoms with Crippen LogP contribution in [0.15, 0.2) is 40.0 Å². The minimum Gasteiger partial charge on any atom is -0.492 e. The molecule has 0 aliphatic heterocycles. The van der Waals surface area contributed by atoms with Crippen molar-refractivity contribution in [2.45, 2.75) is 154 Å². The van der Waals surface area contributed by atoms with Gasteiger partial charge < -0.3 is 9.84 Å². The molecule has 2 fully saturated rings. The minimum absolute atomic E-state index is 0.0493. The van der Waals surface area contributed by atoms with E-state index in [1.165, 1.54) is 4.57 Å². The smallest absolute Gasteiger partial charge is 0.375 e. The molecule has 4 rings (SSSR count). The van der Waals surface area contributed by atoms with E-state index in [0.717, 1.165) is 89.0 Å². The summed E-state index contributed by atoms with van der Waals surface area (Å²) in [6, 6.07) is 8.62. The number of sulfone groups is 1. The van der Waals surface area contributed by atoms with Gasteiger partial charge >= 0.3 is 5.97 Å². The first-order valence-electron chi connectivity index (χ1n) is 17.6. The zero-order valence-corrected chi connectivity index (χ0v) is 29.5. The lowest BCUT2D eigenvalue weighted by molar-refractivity contribution is 0.00912. The van der Waals surface area contributed by atoms with Crippen molar-refractivity contribution < 1.29 is 23.1 Å². The molecule has 46 heavy (non-hydrogen) atoms. The Balaban J connectivity index is 1.94. The summed E-state index contributed by atoms with van der Waals surface area (Å²) < 4.78 is 35.7. The average molecular weight is 657 g/mol. The third kappa shape index (κ3) is 8.23. The van der Waals surface area contributed by atoms with E-state index in [1.807, 2.05) is 51.1 Å². The first-order chi connectivity index (χ1) is 21.8. The van der Waals surface area contributed by atoms with Crippen molar-refractivity contribution in [1.29, 1.82) is 0 Å². The van der Waals surface area contributed by atoms with Crippen LogP contribution in [0.4, 0.5) is 0 Å². The molecule has 256 valence electrons. The van der Waals surface area contributed by atoms with E-state index in [2.05, 4.69) is 18.8 Å². The number of carbonyl (C=O) groups excluding carboxylic acids is 1. The van der Waals surface area contributed by atoms with Gasteiger partial charge in [0, 0.05) is 6.04 Å². The third-order valence-electron chi connectivity index (χ3n) is 10.7. The number of rotatable bonds is 7. The Morgan fingerprint density at radius 2 is 1.50 bits per heavy atom. The van der Waals surface area contributed by atoms with Crippen LogP contribution in [0, 0.1) is 16.7 Å². The van der Waals surface area contributed by atoms with Crippen LogP contribution in [-0.2, 0) is 21.2 Å². The zero-order valence-electron chi connectivity index (χ0n) is 28.7. The average Bonchev–Trinajstić information content (AvgIpc) is 3.19. The van der Waals surface area contributed by atoms with Gasteiger partial charge in [-0.3, -0.25) is 9.36 Å². The van der Waals surface area contributed by atoms with Crippen molar-refractivity contribution in [1.82, 2.24) is 9.55 Å². The highest BCUT2D eigenvalue weighted by Gasteiger charge is 2.49. The lowest BCUT2D eigenvalue weighted by Gasteiger charge is -2.49. The van der Waals surface area contributed by atoms with Crippen molar-refractivity contribution in [3.63, 3.8) is 0 Å². The van der Waals surface area contributed by atoms with E-state index < -0.39 is 54.3 Å². The maximum Gasteiger partial charge on any atom is 0.375 e. The Morgan fingerprint density at radius 1 is 0.957 bits per heavy atom. The quantitative estimate of drug-likeness (QED) is 0.297. The SMILES string of the molecule is CC1CCCCCCCC1(C)C(n1c(C(=O)OCc2ccccc2)nc(O)c(S(=O)(=O)C2CCCCCCCC2)c1=O)C(C)(C)C. The standard InChI is InChI=1S/C37H56N2O6S/c1-27-20-14-9-8-12-19-25-37(27,5)35(36(2,3)4)39-31(34(42)45-26-28-21-15-13-16-22-28)38-32(40)30(33(39)41)46(43,44)29-23-17-10-6-7-11-18-24-29/h13,15-16,21-22,27,29,35,40H,6-12,14,17-20,23-26H2,1-5H3. The topological polar surface area (TPSA) is 116 Å². The van der Waals surface area contributed by atoms with Crippen LogP contribution < -0.4 is 5.56 Å². The van der Waals surface area contributed by atoms with E-state index in [1.54, 1.807) is 0 Å². The maximum absolute atomic E-state index is 14.9. The van der Waals surface area contributed by atoms with Gasteiger partial charge in [-0.05, 0) is 41.6 Å². The first-order valence-corrected chi connectivity index (χ1v) is 19.1. The molecule has 1 aromatic carbocycles. The second-order valence-corrected chi connectivity index (χ2v) is 17.3. The Bertz CT molecular complexity index is 1470. The van der Waals surface area contributed by atoms with E-state index in [9.17, 15) is 23.1 Å². The number of carbonyl (C=O) groups is 1. The summed E-state index contributed by atoms with van der Waals surface area (Å²) in [6.45, 7) is 10.5. The molecule has 2 aromatic rings. The fraction of sp³-hybridized carbons (Fsp3) is 0.703. The summed E-state index contributed by atoms with van der Waals surface area (Å²) in [4.78, 5) is 32.4.